The van der Waals surface area contributed by atoms with Crippen LogP contribution in [-0.2, 0) is 0 Å². The number of carbonyl (C=O) groups excluding carboxylic acids is 1. The number of ether oxygens (including phenoxy) is 2. The van der Waals surface area contributed by atoms with Crippen LogP contribution in [-0.4, -0.2) is 18.0 Å². The van der Waals surface area contributed by atoms with Gasteiger partial charge in [0.1, 0.15) is 4.88 Å². The van der Waals surface area contributed by atoms with Crippen LogP contribution in [0.4, 0.5) is 0 Å². The summed E-state index contributed by atoms with van der Waals surface area (Å²) in [6, 6.07) is 8.10. The number of nitrogens with zero attached hydrogens (tertiary/aromatic N) is 1. The van der Waals surface area contributed by atoms with Crippen LogP contribution in [0.15, 0.2) is 41.9 Å². The molecular formula is C14H11NO5S. The van der Waals surface area contributed by atoms with Crippen LogP contribution in [0.1, 0.15) is 15.2 Å². The third-order valence-corrected chi connectivity index (χ3v) is 3.35. The van der Waals surface area contributed by atoms with E-state index >= 15 is 0 Å². The summed E-state index contributed by atoms with van der Waals surface area (Å²) in [4.78, 5) is 22.1. The Morgan fingerprint density at radius 1 is 1.33 bits per heavy atom. The maximum absolute atomic E-state index is 11.9. The smallest absolute Gasteiger partial charge is 0.353 e. The lowest BCUT2D eigenvalue weighted by molar-refractivity contribution is -0.400. The Hall–Kier alpha value is -2.67. The highest BCUT2D eigenvalue weighted by Gasteiger charge is 2.13. The monoisotopic (exact) mass is 305 g/mol. The third-order valence-electron chi connectivity index (χ3n) is 2.50. The number of hydrogen-bond donors (Lipinski definition) is 0. The minimum Gasteiger partial charge on any atom is -0.493 e. The lowest BCUT2D eigenvalue weighted by Crippen LogP contribution is -2.07. The van der Waals surface area contributed by atoms with Gasteiger partial charge in [-0.3, -0.25) is 10.1 Å². The average molecular weight is 305 g/mol. The molecule has 0 unspecified atom stereocenters. The zero-order valence-corrected chi connectivity index (χ0v) is 11.8. The third kappa shape index (κ3) is 3.90. The molecule has 0 saturated heterocycles. The zero-order valence-electron chi connectivity index (χ0n) is 11.0. The average Bonchev–Trinajstić information content (AvgIpc) is 3.00. The summed E-state index contributed by atoms with van der Waals surface area (Å²) in [5.41, 5.74) is 0.569. The van der Waals surface area contributed by atoms with E-state index in [4.69, 9.17) is 9.47 Å². The minimum atomic E-state index is -0.558. The molecule has 108 valence electrons. The van der Waals surface area contributed by atoms with Gasteiger partial charge in [-0.25, -0.2) is 4.79 Å². The van der Waals surface area contributed by atoms with Gasteiger partial charge in [0.05, 0.1) is 12.0 Å². The number of methoxy groups -OCH3 is 1. The second kappa shape index (κ2) is 6.67. The molecule has 0 bridgehead atoms. The van der Waals surface area contributed by atoms with Crippen molar-refractivity contribution in [3.05, 3.63) is 62.5 Å². The van der Waals surface area contributed by atoms with Crippen molar-refractivity contribution in [2.75, 3.05) is 7.11 Å². The SMILES string of the molecule is COc1cc(C=C[N+](=O)[O-])ccc1OC(=O)c1cccs1. The number of thiophene rings is 1. The summed E-state index contributed by atoms with van der Waals surface area (Å²) in [7, 11) is 1.43. The van der Waals surface area contributed by atoms with Crippen molar-refractivity contribution in [3.63, 3.8) is 0 Å². The standard InChI is InChI=1S/C14H11NO5S/c1-19-12-9-10(6-7-15(17)18)4-5-11(12)20-14(16)13-3-2-8-21-13/h2-9H,1H3. The first-order valence-electron chi connectivity index (χ1n) is 5.85. The van der Waals surface area contributed by atoms with Crippen molar-refractivity contribution in [1.82, 2.24) is 0 Å². The molecule has 1 aromatic carbocycles. The van der Waals surface area contributed by atoms with Crippen molar-refractivity contribution < 1.29 is 19.2 Å². The van der Waals surface area contributed by atoms with Crippen LogP contribution in [0.3, 0.4) is 0 Å². The first kappa shape index (κ1) is 14.7. The van der Waals surface area contributed by atoms with Gasteiger partial charge in [0, 0.05) is 6.08 Å². The Labute approximate surface area is 124 Å². The molecular weight excluding hydrogens is 294 g/mol. The molecule has 0 saturated carbocycles. The molecule has 0 aliphatic carbocycles. The van der Waals surface area contributed by atoms with Crippen LogP contribution < -0.4 is 9.47 Å². The fourth-order valence-electron chi connectivity index (χ4n) is 1.56. The van der Waals surface area contributed by atoms with E-state index in [1.165, 1.54) is 30.6 Å². The first-order chi connectivity index (χ1) is 10.1. The predicted octanol–water partition coefficient (Wildman–Crippen LogP) is 3.22. The Balaban J connectivity index is 2.20. The first-order valence-corrected chi connectivity index (χ1v) is 6.73. The van der Waals surface area contributed by atoms with E-state index in [0.29, 0.717) is 16.2 Å². The number of hydrogen-bond acceptors (Lipinski definition) is 6. The van der Waals surface area contributed by atoms with Crippen molar-refractivity contribution in [1.29, 1.82) is 0 Å². The zero-order chi connectivity index (χ0) is 15.2. The predicted molar refractivity (Wildman–Crippen MR) is 78.3 cm³/mol. The van der Waals surface area contributed by atoms with Crippen LogP contribution in [0.25, 0.3) is 6.08 Å². The Bertz CT molecular complexity index is 679. The van der Waals surface area contributed by atoms with Crippen LogP contribution >= 0.6 is 11.3 Å². The summed E-state index contributed by atoms with van der Waals surface area (Å²) < 4.78 is 10.4. The van der Waals surface area contributed by atoms with E-state index in [1.807, 2.05) is 0 Å². The van der Waals surface area contributed by atoms with E-state index in [-0.39, 0.29) is 5.75 Å². The largest absolute Gasteiger partial charge is 0.493 e. The molecule has 0 aliphatic rings. The second-order valence-corrected chi connectivity index (χ2v) is 4.83. The minimum absolute atomic E-state index is 0.258. The number of esters is 1. The normalized spacial score (nSPS) is 10.5. The Morgan fingerprint density at radius 3 is 2.76 bits per heavy atom. The van der Waals surface area contributed by atoms with E-state index in [9.17, 15) is 14.9 Å². The highest BCUT2D eigenvalue weighted by atomic mass is 32.1. The van der Waals surface area contributed by atoms with Gasteiger partial charge in [0.15, 0.2) is 11.5 Å². The van der Waals surface area contributed by atoms with Gasteiger partial charge in [-0.1, -0.05) is 12.1 Å². The lowest BCUT2D eigenvalue weighted by Gasteiger charge is -2.09. The maximum Gasteiger partial charge on any atom is 0.353 e. The molecule has 1 heterocycles. The second-order valence-electron chi connectivity index (χ2n) is 3.88. The molecule has 0 fully saturated rings. The molecule has 6 nitrogen and oxygen atoms in total. The van der Waals surface area contributed by atoms with E-state index in [1.54, 1.807) is 29.6 Å². The fourth-order valence-corrected chi connectivity index (χ4v) is 2.16. The van der Waals surface area contributed by atoms with Gasteiger partial charge >= 0.3 is 5.97 Å². The van der Waals surface area contributed by atoms with Crippen molar-refractivity contribution >= 4 is 23.4 Å². The van der Waals surface area contributed by atoms with Gasteiger partial charge in [0.2, 0.25) is 6.20 Å². The number of carbonyl (C=O) groups is 1. The summed E-state index contributed by atoms with van der Waals surface area (Å²) in [5, 5.41) is 12.1. The van der Waals surface area contributed by atoms with Crippen molar-refractivity contribution in [2.24, 2.45) is 0 Å². The highest BCUT2D eigenvalue weighted by molar-refractivity contribution is 7.12. The molecule has 2 aromatic rings. The lowest BCUT2D eigenvalue weighted by atomic mass is 10.2. The summed E-state index contributed by atoms with van der Waals surface area (Å²) in [5.74, 6) is 0.108. The number of rotatable bonds is 5. The molecule has 0 N–H and O–H groups in total. The molecule has 1 aromatic heterocycles. The number of nitro groups is 1. The molecule has 2 rings (SSSR count). The topological polar surface area (TPSA) is 78.7 Å². The Morgan fingerprint density at radius 2 is 2.14 bits per heavy atom. The Kier molecular flexibility index (Phi) is 4.68. The van der Waals surface area contributed by atoms with Gasteiger partial charge < -0.3 is 9.47 Å². The van der Waals surface area contributed by atoms with Gasteiger partial charge in [0.25, 0.3) is 0 Å². The number of benzene rings is 1. The molecule has 0 aliphatic heterocycles. The van der Waals surface area contributed by atoms with Gasteiger partial charge in [-0.15, -0.1) is 11.3 Å². The van der Waals surface area contributed by atoms with Crippen LogP contribution in [0.5, 0.6) is 11.5 Å². The van der Waals surface area contributed by atoms with Gasteiger partial charge in [-0.05, 0) is 29.1 Å². The fraction of sp³-hybridized carbons (Fsp3) is 0.0714. The molecule has 21 heavy (non-hydrogen) atoms. The molecule has 0 spiro atoms. The molecule has 0 radical (unpaired) electrons. The van der Waals surface area contributed by atoms with Crippen LogP contribution in [0.2, 0.25) is 0 Å². The summed E-state index contributed by atoms with van der Waals surface area (Å²) in [6.07, 6.45) is 2.15. The van der Waals surface area contributed by atoms with Gasteiger partial charge in [-0.2, -0.15) is 0 Å². The molecule has 0 atom stereocenters. The summed E-state index contributed by atoms with van der Waals surface area (Å²) in [6.45, 7) is 0. The van der Waals surface area contributed by atoms with Crippen LogP contribution in [0, 0.1) is 10.1 Å². The molecule has 7 heteroatoms. The van der Waals surface area contributed by atoms with E-state index < -0.39 is 10.9 Å². The van der Waals surface area contributed by atoms with E-state index in [0.717, 1.165) is 6.20 Å². The van der Waals surface area contributed by atoms with E-state index in [2.05, 4.69) is 0 Å². The maximum atomic E-state index is 11.9. The van der Waals surface area contributed by atoms with Crippen molar-refractivity contribution in [3.8, 4) is 11.5 Å². The quantitative estimate of drug-likeness (QED) is 0.367. The summed E-state index contributed by atoms with van der Waals surface area (Å²) >= 11 is 1.28. The van der Waals surface area contributed by atoms with Crippen molar-refractivity contribution in [2.45, 2.75) is 0 Å². The molecule has 0 amide bonds. The highest BCUT2D eigenvalue weighted by Crippen LogP contribution is 2.29.